The molecule has 8 heteroatoms. The average molecular weight is 582 g/mol. The number of carbonyl (C=O) groups is 3. The molecule has 0 aromatic heterocycles. The number of piperazine rings is 1. The van der Waals surface area contributed by atoms with Gasteiger partial charge in [0.1, 0.15) is 11.8 Å². The first kappa shape index (κ1) is 31.1. The maximum Gasteiger partial charge on any atom is 0.308 e. The molecule has 7 nitrogen and oxygen atoms in total. The Morgan fingerprint density at radius 1 is 1.05 bits per heavy atom. The summed E-state index contributed by atoms with van der Waals surface area (Å²) in [4.78, 5) is 39.4. The molecule has 1 saturated heterocycles. The average Bonchev–Trinajstić information content (AvgIpc) is 2.87. The van der Waals surface area contributed by atoms with Crippen molar-refractivity contribution in [1.29, 1.82) is 0 Å². The number of nitrogens with one attached hydrogen (secondary N) is 1. The summed E-state index contributed by atoms with van der Waals surface area (Å²) in [5.41, 5.74) is 0.991. The molecular formula is C29H45BrN2O5. The molecule has 1 aliphatic heterocycles. The van der Waals surface area contributed by atoms with Gasteiger partial charge >= 0.3 is 5.97 Å². The van der Waals surface area contributed by atoms with E-state index < -0.39 is 12.0 Å². The summed E-state index contributed by atoms with van der Waals surface area (Å²) in [5, 5.41) is 2.75. The smallest absolute Gasteiger partial charge is 0.308 e. The van der Waals surface area contributed by atoms with E-state index in [1.165, 1.54) is 49.8 Å². The second kappa shape index (κ2) is 17.4. The van der Waals surface area contributed by atoms with Crippen LogP contribution in [-0.4, -0.2) is 55.0 Å². The quantitative estimate of drug-likeness (QED) is 0.177. The minimum atomic E-state index is -0.875. The molecular weight excluding hydrogens is 536 g/mol. The topological polar surface area (TPSA) is 84.9 Å². The van der Waals surface area contributed by atoms with E-state index in [-0.39, 0.29) is 30.8 Å². The van der Waals surface area contributed by atoms with Crippen molar-refractivity contribution >= 4 is 33.7 Å². The molecule has 1 aromatic carbocycles. The lowest BCUT2D eigenvalue weighted by Gasteiger charge is -2.34. The van der Waals surface area contributed by atoms with E-state index in [0.717, 1.165) is 29.3 Å². The van der Waals surface area contributed by atoms with E-state index in [2.05, 4.69) is 42.0 Å². The molecule has 208 valence electrons. The summed E-state index contributed by atoms with van der Waals surface area (Å²) in [6.45, 7) is 7.19. The Balaban J connectivity index is 1.73. The molecule has 1 aliphatic rings. The highest BCUT2D eigenvalue weighted by Gasteiger charge is 2.35. The predicted octanol–water partition coefficient (Wildman–Crippen LogP) is 6.13. The maximum absolute atomic E-state index is 13.0. The second-order valence-electron chi connectivity index (χ2n) is 10.1. The van der Waals surface area contributed by atoms with Gasteiger partial charge < -0.3 is 19.7 Å². The number of amides is 2. The zero-order chi connectivity index (χ0) is 27.0. The number of benzene rings is 1. The van der Waals surface area contributed by atoms with Gasteiger partial charge in [-0.2, -0.15) is 0 Å². The van der Waals surface area contributed by atoms with Crippen LogP contribution >= 0.6 is 15.9 Å². The van der Waals surface area contributed by atoms with Crippen molar-refractivity contribution in [3.63, 3.8) is 0 Å². The lowest BCUT2D eigenvalue weighted by atomic mass is 10.0. The van der Waals surface area contributed by atoms with Gasteiger partial charge in [-0.15, -0.1) is 0 Å². The number of nitrogens with zero attached hydrogens (tertiary/aromatic N) is 1. The standard InChI is InChI=1S/C29H45BrN2O5/c1-4-5-6-7-8-9-10-11-12-13-18-36-28(34)20-25-29(35)31-16-17-32(25)27(33)21-37-26-15-14-23(30)19-24(26)22(2)3/h14-15,19,22,25H,4-13,16-18,20-21H2,1-3H3,(H,31,35). The van der Waals surface area contributed by atoms with Gasteiger partial charge in [0, 0.05) is 17.6 Å². The molecule has 0 spiro atoms. The van der Waals surface area contributed by atoms with Crippen LogP contribution in [0.25, 0.3) is 0 Å². The number of carbonyl (C=O) groups excluding carboxylic acids is 3. The van der Waals surface area contributed by atoms with Crippen molar-refractivity contribution in [2.75, 3.05) is 26.3 Å². The number of halogens is 1. The number of unbranched alkanes of at least 4 members (excludes halogenated alkanes) is 9. The van der Waals surface area contributed by atoms with Crippen LogP contribution in [0, 0.1) is 0 Å². The number of ether oxygens (including phenoxy) is 2. The SMILES string of the molecule is CCCCCCCCCCCCOC(=O)CC1C(=O)NCCN1C(=O)COc1ccc(Br)cc1C(C)C. The lowest BCUT2D eigenvalue weighted by molar-refractivity contribution is -0.152. The van der Waals surface area contributed by atoms with Crippen LogP contribution < -0.4 is 10.1 Å². The molecule has 1 heterocycles. The summed E-state index contributed by atoms with van der Waals surface area (Å²) < 4.78 is 12.2. The molecule has 2 rings (SSSR count). The molecule has 1 aromatic rings. The highest BCUT2D eigenvalue weighted by Crippen LogP contribution is 2.29. The van der Waals surface area contributed by atoms with Crippen LogP contribution in [0.3, 0.4) is 0 Å². The van der Waals surface area contributed by atoms with E-state index in [0.29, 0.717) is 25.4 Å². The first-order valence-corrected chi connectivity index (χ1v) is 14.8. The first-order chi connectivity index (χ1) is 17.8. The molecule has 37 heavy (non-hydrogen) atoms. The van der Waals surface area contributed by atoms with Crippen molar-refractivity contribution in [2.45, 2.75) is 103 Å². The lowest BCUT2D eigenvalue weighted by Crippen LogP contribution is -2.58. The highest BCUT2D eigenvalue weighted by atomic mass is 79.9. The zero-order valence-electron chi connectivity index (χ0n) is 22.9. The Kier molecular flexibility index (Phi) is 14.7. The summed E-state index contributed by atoms with van der Waals surface area (Å²) in [5.74, 6) is -0.240. The van der Waals surface area contributed by atoms with Crippen molar-refractivity contribution < 1.29 is 23.9 Å². The molecule has 2 amide bonds. The predicted molar refractivity (Wildman–Crippen MR) is 150 cm³/mol. The molecule has 0 aliphatic carbocycles. The molecule has 0 bridgehead atoms. The maximum atomic E-state index is 13.0. The van der Waals surface area contributed by atoms with Gasteiger partial charge in [-0.1, -0.05) is 94.5 Å². The van der Waals surface area contributed by atoms with Gasteiger partial charge in [-0.25, -0.2) is 0 Å². The van der Waals surface area contributed by atoms with Crippen LogP contribution in [-0.2, 0) is 19.1 Å². The van der Waals surface area contributed by atoms with Gasteiger partial charge in [0.25, 0.3) is 5.91 Å². The van der Waals surface area contributed by atoms with Crippen molar-refractivity contribution in [3.8, 4) is 5.75 Å². The summed E-state index contributed by atoms with van der Waals surface area (Å²) in [6, 6.07) is 4.80. The van der Waals surface area contributed by atoms with Crippen LogP contribution in [0.1, 0.15) is 103 Å². The van der Waals surface area contributed by atoms with Gasteiger partial charge in [-0.05, 0) is 36.1 Å². The van der Waals surface area contributed by atoms with E-state index >= 15 is 0 Å². The van der Waals surface area contributed by atoms with E-state index in [4.69, 9.17) is 9.47 Å². The third-order valence-electron chi connectivity index (χ3n) is 6.72. The fourth-order valence-corrected chi connectivity index (χ4v) is 4.91. The zero-order valence-corrected chi connectivity index (χ0v) is 24.4. The first-order valence-electron chi connectivity index (χ1n) is 14.0. The Hall–Kier alpha value is -2.09. The molecule has 0 saturated carbocycles. The third-order valence-corrected chi connectivity index (χ3v) is 7.21. The van der Waals surface area contributed by atoms with E-state index in [1.807, 2.05) is 18.2 Å². The Bertz CT molecular complexity index is 861. The van der Waals surface area contributed by atoms with E-state index in [1.54, 1.807) is 0 Å². The number of rotatable bonds is 17. The minimum Gasteiger partial charge on any atom is -0.483 e. The number of hydrogen-bond donors (Lipinski definition) is 1. The number of hydrogen-bond acceptors (Lipinski definition) is 5. The molecule has 1 fully saturated rings. The van der Waals surface area contributed by atoms with E-state index in [9.17, 15) is 14.4 Å². The molecule has 1 atom stereocenters. The normalized spacial score (nSPS) is 15.5. The minimum absolute atomic E-state index is 0.148. The van der Waals surface area contributed by atoms with Crippen LogP contribution in [0.4, 0.5) is 0 Å². The Morgan fingerprint density at radius 3 is 2.35 bits per heavy atom. The molecule has 1 N–H and O–H groups in total. The fourth-order valence-electron chi connectivity index (χ4n) is 4.53. The number of esters is 1. The molecule has 1 unspecified atom stereocenters. The van der Waals surface area contributed by atoms with Crippen LogP contribution in [0.5, 0.6) is 5.75 Å². The fraction of sp³-hybridized carbons (Fsp3) is 0.690. The van der Waals surface area contributed by atoms with Crippen LogP contribution in [0.2, 0.25) is 0 Å². The Morgan fingerprint density at radius 2 is 1.70 bits per heavy atom. The van der Waals surface area contributed by atoms with Crippen molar-refractivity contribution in [2.24, 2.45) is 0 Å². The molecule has 0 radical (unpaired) electrons. The second-order valence-corrected chi connectivity index (χ2v) is 11.0. The Labute approximate surface area is 231 Å². The van der Waals surface area contributed by atoms with Crippen molar-refractivity contribution in [3.05, 3.63) is 28.2 Å². The summed E-state index contributed by atoms with van der Waals surface area (Å²) >= 11 is 3.47. The van der Waals surface area contributed by atoms with Gasteiger partial charge in [0.05, 0.1) is 13.0 Å². The summed E-state index contributed by atoms with van der Waals surface area (Å²) in [6.07, 6.45) is 11.9. The van der Waals surface area contributed by atoms with Gasteiger partial charge in [-0.3, -0.25) is 14.4 Å². The van der Waals surface area contributed by atoms with Crippen molar-refractivity contribution in [1.82, 2.24) is 10.2 Å². The van der Waals surface area contributed by atoms with Gasteiger partial charge in [0.2, 0.25) is 5.91 Å². The third kappa shape index (κ3) is 11.5. The highest BCUT2D eigenvalue weighted by molar-refractivity contribution is 9.10. The monoisotopic (exact) mass is 580 g/mol. The summed E-state index contributed by atoms with van der Waals surface area (Å²) in [7, 11) is 0. The van der Waals surface area contributed by atoms with Gasteiger partial charge in [0.15, 0.2) is 6.61 Å². The largest absolute Gasteiger partial charge is 0.483 e. The van der Waals surface area contributed by atoms with Crippen LogP contribution in [0.15, 0.2) is 22.7 Å².